The van der Waals surface area contributed by atoms with Crippen molar-refractivity contribution in [3.05, 3.63) is 0 Å². The van der Waals surface area contributed by atoms with Gasteiger partial charge in [0.2, 0.25) is 0 Å². The minimum Gasteiger partial charge on any atom is -0.481 e. The molecule has 7 heteroatoms. The number of carboxylic acids is 1. The molecule has 0 aromatic carbocycles. The highest BCUT2D eigenvalue weighted by atomic mass is 16.6. The third-order valence-electron chi connectivity index (χ3n) is 3.51. The minimum atomic E-state index is -0.832. The van der Waals surface area contributed by atoms with Crippen molar-refractivity contribution in [2.75, 3.05) is 26.2 Å². The van der Waals surface area contributed by atoms with Crippen molar-refractivity contribution in [3.63, 3.8) is 0 Å². The van der Waals surface area contributed by atoms with Crippen LogP contribution < -0.4 is 5.32 Å². The molecule has 1 heterocycles. The fourth-order valence-corrected chi connectivity index (χ4v) is 2.71. The lowest BCUT2D eigenvalue weighted by Crippen LogP contribution is -2.52. The van der Waals surface area contributed by atoms with E-state index in [1.165, 1.54) is 0 Å². The van der Waals surface area contributed by atoms with E-state index >= 15 is 0 Å². The van der Waals surface area contributed by atoms with Gasteiger partial charge in [-0.1, -0.05) is 0 Å². The van der Waals surface area contributed by atoms with Gasteiger partial charge in [-0.3, -0.25) is 4.79 Å². The fourth-order valence-electron chi connectivity index (χ4n) is 2.71. The van der Waals surface area contributed by atoms with E-state index in [1.807, 2.05) is 4.90 Å². The monoisotopic (exact) mass is 316 g/mol. The van der Waals surface area contributed by atoms with E-state index in [1.54, 1.807) is 20.8 Å². The Hall–Kier alpha value is -1.34. The summed E-state index contributed by atoms with van der Waals surface area (Å²) in [4.78, 5) is 24.6. The molecule has 1 aliphatic rings. The molecular weight excluding hydrogens is 288 g/mol. The van der Waals surface area contributed by atoms with Crippen molar-refractivity contribution in [3.8, 4) is 0 Å². The molecule has 0 aromatic heterocycles. The Morgan fingerprint density at radius 3 is 2.55 bits per heavy atom. The molecule has 7 nitrogen and oxygen atoms in total. The first-order valence-corrected chi connectivity index (χ1v) is 7.74. The van der Waals surface area contributed by atoms with Gasteiger partial charge in [-0.25, -0.2) is 4.79 Å². The molecule has 0 spiro atoms. The van der Waals surface area contributed by atoms with Crippen LogP contribution in [0.2, 0.25) is 0 Å². The van der Waals surface area contributed by atoms with Crippen molar-refractivity contribution in [1.29, 1.82) is 0 Å². The number of carbonyl (C=O) groups excluding carboxylic acids is 1. The standard InChI is InChI=1S/C15H28N2O5/c1-15(2,3)22-14(21)16-12-8-11(5-7-18)9-17(10-12)6-4-13(19)20/h11-12,18H,4-10H2,1-3H3,(H,16,21)(H,19,20). The van der Waals surface area contributed by atoms with Crippen LogP contribution in [0.5, 0.6) is 0 Å². The maximum absolute atomic E-state index is 11.9. The average molecular weight is 316 g/mol. The van der Waals surface area contributed by atoms with Gasteiger partial charge in [-0.05, 0) is 39.5 Å². The Balaban J connectivity index is 2.56. The number of alkyl carbamates (subject to hydrolysis) is 1. The molecule has 0 aliphatic carbocycles. The number of rotatable bonds is 6. The van der Waals surface area contributed by atoms with E-state index in [0.717, 1.165) is 13.0 Å². The summed E-state index contributed by atoms with van der Waals surface area (Å²) in [6, 6.07) is -0.0889. The zero-order valence-corrected chi connectivity index (χ0v) is 13.7. The molecule has 2 atom stereocenters. The number of aliphatic hydroxyl groups is 1. The topological polar surface area (TPSA) is 99.1 Å². The van der Waals surface area contributed by atoms with Gasteiger partial charge in [0.1, 0.15) is 5.60 Å². The third-order valence-corrected chi connectivity index (χ3v) is 3.51. The SMILES string of the molecule is CC(C)(C)OC(=O)NC1CC(CCO)CN(CCC(=O)O)C1. The first-order valence-electron chi connectivity index (χ1n) is 7.74. The number of hydrogen-bond donors (Lipinski definition) is 3. The molecule has 1 fully saturated rings. The predicted molar refractivity (Wildman–Crippen MR) is 81.7 cm³/mol. The van der Waals surface area contributed by atoms with Gasteiger partial charge in [-0.2, -0.15) is 0 Å². The Bertz CT molecular complexity index is 381. The molecule has 1 amide bonds. The van der Waals surface area contributed by atoms with Gasteiger partial charge in [0.25, 0.3) is 0 Å². The van der Waals surface area contributed by atoms with E-state index in [0.29, 0.717) is 19.5 Å². The zero-order chi connectivity index (χ0) is 16.8. The highest BCUT2D eigenvalue weighted by Crippen LogP contribution is 2.20. The number of carbonyl (C=O) groups is 2. The Morgan fingerprint density at radius 2 is 2.00 bits per heavy atom. The summed E-state index contributed by atoms with van der Waals surface area (Å²) in [6.45, 7) is 7.32. The summed E-state index contributed by atoms with van der Waals surface area (Å²) in [5, 5.41) is 20.8. The number of nitrogens with one attached hydrogen (secondary N) is 1. The number of aliphatic hydroxyl groups excluding tert-OH is 1. The largest absolute Gasteiger partial charge is 0.481 e. The normalized spacial score (nSPS) is 23.1. The lowest BCUT2D eigenvalue weighted by Gasteiger charge is -2.38. The van der Waals surface area contributed by atoms with Crippen LogP contribution in [0.1, 0.15) is 40.0 Å². The lowest BCUT2D eigenvalue weighted by atomic mass is 9.91. The quantitative estimate of drug-likeness (QED) is 0.677. The number of ether oxygens (including phenoxy) is 1. The first kappa shape index (κ1) is 18.7. The van der Waals surface area contributed by atoms with E-state index < -0.39 is 17.7 Å². The van der Waals surface area contributed by atoms with Crippen LogP contribution in [-0.4, -0.2) is 65.1 Å². The Morgan fingerprint density at radius 1 is 1.32 bits per heavy atom. The summed E-state index contributed by atoms with van der Waals surface area (Å²) in [7, 11) is 0. The number of nitrogens with zero attached hydrogens (tertiary/aromatic N) is 1. The Labute approximate surface area is 131 Å². The van der Waals surface area contributed by atoms with E-state index in [-0.39, 0.29) is 25.0 Å². The maximum atomic E-state index is 11.9. The van der Waals surface area contributed by atoms with Crippen LogP contribution in [0.15, 0.2) is 0 Å². The second-order valence-electron chi connectivity index (χ2n) is 6.86. The van der Waals surface area contributed by atoms with Crippen LogP contribution in [0.3, 0.4) is 0 Å². The van der Waals surface area contributed by atoms with E-state index in [2.05, 4.69) is 5.32 Å². The van der Waals surface area contributed by atoms with Crippen molar-refractivity contribution in [2.24, 2.45) is 5.92 Å². The molecule has 3 N–H and O–H groups in total. The third kappa shape index (κ3) is 7.61. The molecule has 128 valence electrons. The molecule has 0 aromatic rings. The summed E-state index contributed by atoms with van der Waals surface area (Å²) < 4.78 is 5.26. The summed E-state index contributed by atoms with van der Waals surface area (Å²) >= 11 is 0. The zero-order valence-electron chi connectivity index (χ0n) is 13.7. The number of amides is 1. The van der Waals surface area contributed by atoms with Crippen LogP contribution in [-0.2, 0) is 9.53 Å². The van der Waals surface area contributed by atoms with Crippen molar-refractivity contribution in [1.82, 2.24) is 10.2 Å². The van der Waals surface area contributed by atoms with Crippen LogP contribution in [0.25, 0.3) is 0 Å². The number of piperidine rings is 1. The minimum absolute atomic E-state index is 0.0744. The van der Waals surface area contributed by atoms with Crippen LogP contribution >= 0.6 is 0 Å². The molecule has 0 saturated carbocycles. The number of hydrogen-bond acceptors (Lipinski definition) is 5. The van der Waals surface area contributed by atoms with Crippen molar-refractivity contribution < 1.29 is 24.5 Å². The van der Waals surface area contributed by atoms with Gasteiger partial charge in [0.05, 0.1) is 6.42 Å². The van der Waals surface area contributed by atoms with Gasteiger partial charge in [-0.15, -0.1) is 0 Å². The lowest BCUT2D eigenvalue weighted by molar-refractivity contribution is -0.137. The maximum Gasteiger partial charge on any atom is 0.407 e. The van der Waals surface area contributed by atoms with Crippen LogP contribution in [0.4, 0.5) is 4.79 Å². The van der Waals surface area contributed by atoms with E-state index in [9.17, 15) is 9.59 Å². The van der Waals surface area contributed by atoms with Gasteiger partial charge < -0.3 is 25.2 Å². The highest BCUT2D eigenvalue weighted by Gasteiger charge is 2.29. The summed E-state index contributed by atoms with van der Waals surface area (Å²) in [5.74, 6) is -0.589. The number of likely N-dealkylation sites (tertiary alicyclic amines) is 1. The number of aliphatic carboxylic acids is 1. The second-order valence-corrected chi connectivity index (χ2v) is 6.86. The first-order chi connectivity index (χ1) is 10.2. The van der Waals surface area contributed by atoms with Gasteiger partial charge in [0, 0.05) is 32.3 Å². The highest BCUT2D eigenvalue weighted by molar-refractivity contribution is 5.68. The van der Waals surface area contributed by atoms with Crippen molar-refractivity contribution >= 4 is 12.1 Å². The fraction of sp³-hybridized carbons (Fsp3) is 0.867. The molecule has 22 heavy (non-hydrogen) atoms. The molecule has 0 bridgehead atoms. The van der Waals surface area contributed by atoms with Crippen LogP contribution in [0, 0.1) is 5.92 Å². The number of carboxylic acid groups (broad SMARTS) is 1. The molecule has 1 rings (SSSR count). The molecular formula is C15H28N2O5. The van der Waals surface area contributed by atoms with Crippen molar-refractivity contribution in [2.45, 2.75) is 51.7 Å². The second kappa shape index (κ2) is 8.33. The molecule has 2 unspecified atom stereocenters. The van der Waals surface area contributed by atoms with E-state index in [4.69, 9.17) is 14.9 Å². The Kier molecular flexibility index (Phi) is 7.09. The predicted octanol–water partition coefficient (Wildman–Crippen LogP) is 1.06. The summed E-state index contributed by atoms with van der Waals surface area (Å²) in [6.07, 6.45) is 1.03. The summed E-state index contributed by atoms with van der Waals surface area (Å²) in [5.41, 5.74) is -0.549. The molecule has 0 radical (unpaired) electrons. The van der Waals surface area contributed by atoms with Gasteiger partial charge >= 0.3 is 12.1 Å². The van der Waals surface area contributed by atoms with Gasteiger partial charge in [0.15, 0.2) is 0 Å². The smallest absolute Gasteiger partial charge is 0.407 e. The molecule has 1 aliphatic heterocycles. The molecule has 1 saturated heterocycles. The average Bonchev–Trinajstić information content (AvgIpc) is 2.34.